The normalized spacial score (nSPS) is 22.4. The first-order valence-corrected chi connectivity index (χ1v) is 6.69. The maximum Gasteiger partial charge on any atom is 0.250 e. The topological polar surface area (TPSA) is 55.1 Å². The van der Waals surface area contributed by atoms with E-state index in [0.717, 1.165) is 23.1 Å². The number of rotatable bonds is 2. The summed E-state index contributed by atoms with van der Waals surface area (Å²) in [5, 5.41) is 2.67. The number of hydrogen-bond donors (Lipinski definition) is 2. The number of likely N-dealkylation sites (N-methyl/N-ethyl adjacent to an activating group) is 1. The minimum Gasteiger partial charge on any atom is -0.355 e. The molecular weight excluding hydrogens is 224 g/mol. The van der Waals surface area contributed by atoms with Crippen LogP contribution >= 0.6 is 0 Å². The van der Waals surface area contributed by atoms with Gasteiger partial charge in [-0.15, -0.1) is 0 Å². The summed E-state index contributed by atoms with van der Waals surface area (Å²) >= 11 is 0. The first-order chi connectivity index (χ1) is 8.35. The fraction of sp³-hybridized carbons (Fsp3) is 0.667. The van der Waals surface area contributed by atoms with Gasteiger partial charge in [0, 0.05) is 18.7 Å². The molecule has 104 valence electrons. The maximum atomic E-state index is 11.7. The number of amides is 1. The molecule has 1 rings (SSSR count). The lowest BCUT2D eigenvalue weighted by atomic mass is 9.84. The van der Waals surface area contributed by atoms with Gasteiger partial charge in [-0.05, 0) is 31.3 Å². The number of hydrogen-bond acceptors (Lipinski definition) is 2. The number of carbonyl (C=O) groups excluding carboxylic acids is 1. The van der Waals surface area contributed by atoms with Crippen molar-refractivity contribution in [3.8, 4) is 0 Å². The first kappa shape index (κ1) is 16.9. The summed E-state index contributed by atoms with van der Waals surface area (Å²) in [7, 11) is 1.65. The van der Waals surface area contributed by atoms with Crippen molar-refractivity contribution >= 4 is 5.91 Å². The van der Waals surface area contributed by atoms with Crippen LogP contribution in [0.4, 0.5) is 0 Å². The monoisotopic (exact) mass is 252 g/mol. The Morgan fingerprint density at radius 1 is 1.44 bits per heavy atom. The quantitative estimate of drug-likeness (QED) is 0.742. The first-order valence-electron chi connectivity index (χ1n) is 6.69. The predicted molar refractivity (Wildman–Crippen MR) is 78.2 cm³/mol. The van der Waals surface area contributed by atoms with E-state index in [9.17, 15) is 4.79 Å². The third-order valence-electron chi connectivity index (χ3n) is 3.50. The summed E-state index contributed by atoms with van der Waals surface area (Å²) < 4.78 is 0. The van der Waals surface area contributed by atoms with Gasteiger partial charge in [0.05, 0.1) is 0 Å². The summed E-state index contributed by atoms with van der Waals surface area (Å²) in [5.41, 5.74) is 9.22. The molecule has 3 nitrogen and oxygen atoms in total. The largest absolute Gasteiger partial charge is 0.355 e. The second-order valence-corrected chi connectivity index (χ2v) is 5.09. The van der Waals surface area contributed by atoms with Gasteiger partial charge in [-0.25, -0.2) is 0 Å². The highest BCUT2D eigenvalue weighted by molar-refractivity contribution is 5.98. The molecule has 1 aliphatic rings. The number of nitrogens with two attached hydrogens (primary N) is 1. The van der Waals surface area contributed by atoms with Crippen LogP contribution in [0, 0.1) is 5.41 Å². The van der Waals surface area contributed by atoms with Crippen molar-refractivity contribution in [3.63, 3.8) is 0 Å². The molecule has 0 aromatic rings. The maximum absolute atomic E-state index is 11.7. The van der Waals surface area contributed by atoms with Crippen molar-refractivity contribution in [2.75, 3.05) is 7.05 Å². The number of nitrogens with one attached hydrogen (secondary N) is 1. The zero-order chi connectivity index (χ0) is 14.5. The van der Waals surface area contributed by atoms with E-state index in [1.807, 2.05) is 33.8 Å². The zero-order valence-corrected chi connectivity index (χ0v) is 12.8. The molecule has 3 N–H and O–H groups in total. The molecule has 0 heterocycles. The fourth-order valence-corrected chi connectivity index (χ4v) is 2.36. The van der Waals surface area contributed by atoms with E-state index in [4.69, 9.17) is 5.73 Å². The highest BCUT2D eigenvalue weighted by Gasteiger charge is 2.38. The molecule has 0 aliphatic heterocycles. The summed E-state index contributed by atoms with van der Waals surface area (Å²) in [6.07, 6.45) is 2.74. The van der Waals surface area contributed by atoms with Gasteiger partial charge in [-0.1, -0.05) is 39.3 Å². The van der Waals surface area contributed by atoms with Crippen LogP contribution in [0.3, 0.4) is 0 Å². The Balaban J connectivity index is 0.00000137. The number of carbonyl (C=O) groups is 1. The molecule has 1 aliphatic carbocycles. The van der Waals surface area contributed by atoms with Crippen LogP contribution in [0.15, 0.2) is 22.8 Å². The van der Waals surface area contributed by atoms with Crippen molar-refractivity contribution in [3.05, 3.63) is 22.8 Å². The van der Waals surface area contributed by atoms with Gasteiger partial charge in [0.15, 0.2) is 0 Å². The Hall–Kier alpha value is -1.09. The minimum absolute atomic E-state index is 0.0262. The minimum atomic E-state index is -0.0262. The third kappa shape index (κ3) is 3.22. The van der Waals surface area contributed by atoms with Crippen molar-refractivity contribution in [1.82, 2.24) is 5.32 Å². The highest BCUT2D eigenvalue weighted by atomic mass is 16.1. The Labute approximate surface area is 112 Å². The molecule has 1 unspecified atom stereocenters. The molecule has 3 heteroatoms. The summed E-state index contributed by atoms with van der Waals surface area (Å²) in [6, 6.07) is 0.0436. The van der Waals surface area contributed by atoms with E-state index >= 15 is 0 Å². The van der Waals surface area contributed by atoms with E-state index in [2.05, 4.69) is 19.2 Å². The molecule has 0 saturated carbocycles. The Kier molecular flexibility index (Phi) is 6.33. The van der Waals surface area contributed by atoms with Gasteiger partial charge in [-0.3, -0.25) is 4.79 Å². The standard InChI is InChI=1S/C13H22N2O.C2H6/c1-6-9(12(16)15-5)10-7-13(3,4)11(14)8(10)2;1-2/h6,11H,7,14H2,1-5H3,(H,15,16);1-2H3/b9-6+;. The van der Waals surface area contributed by atoms with Crippen molar-refractivity contribution in [2.24, 2.45) is 11.1 Å². The van der Waals surface area contributed by atoms with Crippen LogP contribution in [-0.2, 0) is 4.79 Å². The van der Waals surface area contributed by atoms with E-state index in [1.165, 1.54) is 0 Å². The average molecular weight is 252 g/mol. The molecule has 0 spiro atoms. The van der Waals surface area contributed by atoms with E-state index < -0.39 is 0 Å². The lowest BCUT2D eigenvalue weighted by Gasteiger charge is -2.24. The summed E-state index contributed by atoms with van der Waals surface area (Å²) in [4.78, 5) is 11.7. The van der Waals surface area contributed by atoms with Gasteiger partial charge in [-0.2, -0.15) is 0 Å². The van der Waals surface area contributed by atoms with Crippen LogP contribution in [0.25, 0.3) is 0 Å². The van der Waals surface area contributed by atoms with Gasteiger partial charge in [0.2, 0.25) is 0 Å². The van der Waals surface area contributed by atoms with Crippen LogP contribution in [0.1, 0.15) is 48.0 Å². The fourth-order valence-electron chi connectivity index (χ4n) is 2.36. The second-order valence-electron chi connectivity index (χ2n) is 5.09. The smallest absolute Gasteiger partial charge is 0.250 e. The third-order valence-corrected chi connectivity index (χ3v) is 3.50. The van der Waals surface area contributed by atoms with E-state index in [1.54, 1.807) is 7.05 Å². The molecule has 1 amide bonds. The summed E-state index contributed by atoms with van der Waals surface area (Å²) in [5.74, 6) is -0.0262. The van der Waals surface area contributed by atoms with Crippen LogP contribution in [-0.4, -0.2) is 19.0 Å². The van der Waals surface area contributed by atoms with Crippen LogP contribution < -0.4 is 11.1 Å². The van der Waals surface area contributed by atoms with Gasteiger partial charge in [0.1, 0.15) is 0 Å². The molecule has 0 saturated heterocycles. The molecule has 18 heavy (non-hydrogen) atoms. The Bertz CT molecular complexity index is 365. The van der Waals surface area contributed by atoms with Crippen molar-refractivity contribution in [1.29, 1.82) is 0 Å². The lowest BCUT2D eigenvalue weighted by molar-refractivity contribution is -0.116. The Morgan fingerprint density at radius 3 is 2.22 bits per heavy atom. The second kappa shape index (κ2) is 6.74. The molecule has 1 atom stereocenters. The number of allylic oxidation sites excluding steroid dienone is 1. The van der Waals surface area contributed by atoms with E-state index in [-0.39, 0.29) is 17.4 Å². The lowest BCUT2D eigenvalue weighted by Crippen LogP contribution is -2.33. The molecule has 0 aromatic heterocycles. The van der Waals surface area contributed by atoms with Crippen molar-refractivity contribution < 1.29 is 4.79 Å². The van der Waals surface area contributed by atoms with Gasteiger partial charge >= 0.3 is 0 Å². The Morgan fingerprint density at radius 2 is 1.94 bits per heavy atom. The van der Waals surface area contributed by atoms with E-state index in [0.29, 0.717) is 0 Å². The summed E-state index contributed by atoms with van der Waals surface area (Å²) in [6.45, 7) is 12.2. The molecule has 0 aromatic carbocycles. The van der Waals surface area contributed by atoms with Gasteiger partial charge < -0.3 is 11.1 Å². The molecule has 0 radical (unpaired) electrons. The van der Waals surface area contributed by atoms with Crippen LogP contribution in [0.2, 0.25) is 0 Å². The SMILES string of the molecule is C/C=C(/C(=O)NC)C1=C(C)C(N)C(C)(C)C1.CC. The molecule has 0 bridgehead atoms. The van der Waals surface area contributed by atoms with Gasteiger partial charge in [0.25, 0.3) is 5.91 Å². The average Bonchev–Trinajstić information content (AvgIpc) is 2.56. The van der Waals surface area contributed by atoms with Crippen LogP contribution in [0.5, 0.6) is 0 Å². The van der Waals surface area contributed by atoms with Crippen molar-refractivity contribution in [2.45, 2.75) is 54.0 Å². The highest BCUT2D eigenvalue weighted by Crippen LogP contribution is 2.42. The molecule has 0 fully saturated rings. The zero-order valence-electron chi connectivity index (χ0n) is 12.8. The molecular formula is C15H28N2O. The predicted octanol–water partition coefficient (Wildman–Crippen LogP) is 2.78.